The van der Waals surface area contributed by atoms with Gasteiger partial charge >= 0.3 is 11.9 Å². The molecule has 0 fully saturated rings. The molecule has 0 saturated carbocycles. The summed E-state index contributed by atoms with van der Waals surface area (Å²) in [6, 6.07) is 0. The van der Waals surface area contributed by atoms with E-state index in [1.54, 1.807) is 0 Å². The summed E-state index contributed by atoms with van der Waals surface area (Å²) in [6.45, 7) is 10.6. The summed E-state index contributed by atoms with van der Waals surface area (Å²) < 4.78 is 43.2. The van der Waals surface area contributed by atoms with Crippen molar-refractivity contribution in [3.63, 3.8) is 0 Å². The highest BCUT2D eigenvalue weighted by molar-refractivity contribution is 5.69. The van der Waals surface area contributed by atoms with Gasteiger partial charge in [0.2, 0.25) is 0 Å². The second kappa shape index (κ2) is 41.9. The van der Waals surface area contributed by atoms with Crippen molar-refractivity contribution < 1.29 is 47.5 Å². The Labute approximate surface area is 293 Å². The van der Waals surface area contributed by atoms with Crippen molar-refractivity contribution in [3.05, 3.63) is 0 Å². The van der Waals surface area contributed by atoms with Gasteiger partial charge in [0.05, 0.1) is 79.3 Å². The zero-order valence-corrected chi connectivity index (χ0v) is 31.1. The molecule has 48 heavy (non-hydrogen) atoms. The van der Waals surface area contributed by atoms with Crippen molar-refractivity contribution in [1.29, 1.82) is 0 Å². The number of ether oxygens (including phenoxy) is 8. The number of hydrogen-bond donors (Lipinski definition) is 0. The average Bonchev–Trinajstić information content (AvgIpc) is 3.09. The van der Waals surface area contributed by atoms with Crippen molar-refractivity contribution in [1.82, 2.24) is 0 Å². The number of esters is 2. The van der Waals surface area contributed by atoms with E-state index in [9.17, 15) is 9.59 Å². The highest BCUT2D eigenvalue weighted by atomic mass is 16.6. The first-order chi connectivity index (χ1) is 23.7. The van der Waals surface area contributed by atoms with Crippen LogP contribution >= 0.6 is 0 Å². The molecule has 0 atom stereocenters. The van der Waals surface area contributed by atoms with E-state index in [1.165, 1.54) is 89.9 Å². The molecule has 0 heterocycles. The molecule has 0 aromatic heterocycles. The summed E-state index contributed by atoms with van der Waals surface area (Å²) in [5.41, 5.74) is 0. The standard InChI is InChI=1S/C38H74O10/c1-3-5-7-9-11-13-15-17-19-21-37(39)47-35-33-45-31-29-43-27-25-41-23-24-42-26-28-44-30-32-46-34-36-48-38(40)22-20-18-16-14-12-10-8-6-4-2/h3-36H2,1-2H3. The molecular weight excluding hydrogens is 616 g/mol. The fourth-order valence-electron chi connectivity index (χ4n) is 4.93. The Hall–Kier alpha value is -1.30. The van der Waals surface area contributed by atoms with Crippen LogP contribution in [0.15, 0.2) is 0 Å². The highest BCUT2D eigenvalue weighted by Gasteiger charge is 2.04. The molecular formula is C38H74O10. The molecule has 0 aliphatic rings. The van der Waals surface area contributed by atoms with Gasteiger partial charge in [0.15, 0.2) is 0 Å². The Balaban J connectivity index is 3.17. The summed E-state index contributed by atoms with van der Waals surface area (Å²) in [4.78, 5) is 23.6. The molecule has 0 saturated heterocycles. The predicted molar refractivity (Wildman–Crippen MR) is 191 cm³/mol. The van der Waals surface area contributed by atoms with Gasteiger partial charge in [0.1, 0.15) is 13.2 Å². The molecule has 286 valence electrons. The molecule has 0 N–H and O–H groups in total. The van der Waals surface area contributed by atoms with E-state index in [4.69, 9.17) is 37.9 Å². The van der Waals surface area contributed by atoms with Crippen molar-refractivity contribution >= 4 is 11.9 Å². The number of carbonyl (C=O) groups is 2. The Bertz CT molecular complexity index is 595. The van der Waals surface area contributed by atoms with Crippen LogP contribution in [0.4, 0.5) is 0 Å². The van der Waals surface area contributed by atoms with Gasteiger partial charge < -0.3 is 37.9 Å². The van der Waals surface area contributed by atoms with E-state index in [2.05, 4.69) is 13.8 Å². The molecule has 0 spiro atoms. The van der Waals surface area contributed by atoms with Crippen LogP contribution in [-0.4, -0.2) is 104 Å². The maximum atomic E-state index is 11.8. The topological polar surface area (TPSA) is 108 Å². The smallest absolute Gasteiger partial charge is 0.305 e. The van der Waals surface area contributed by atoms with Gasteiger partial charge in [-0.25, -0.2) is 0 Å². The van der Waals surface area contributed by atoms with Crippen molar-refractivity contribution in [2.75, 3.05) is 92.5 Å². The Morgan fingerprint density at radius 1 is 0.292 bits per heavy atom. The number of carbonyl (C=O) groups excluding carboxylic acids is 2. The summed E-state index contributed by atoms with van der Waals surface area (Å²) in [6.07, 6.45) is 23.2. The molecule has 0 aliphatic heterocycles. The number of hydrogen-bond acceptors (Lipinski definition) is 10. The fraction of sp³-hybridized carbons (Fsp3) is 0.947. The lowest BCUT2D eigenvalue weighted by atomic mass is 10.1. The lowest BCUT2D eigenvalue weighted by Gasteiger charge is -2.09. The first-order valence-corrected chi connectivity index (χ1v) is 19.5. The Morgan fingerprint density at radius 2 is 0.500 bits per heavy atom. The van der Waals surface area contributed by atoms with Gasteiger partial charge in [-0.15, -0.1) is 0 Å². The van der Waals surface area contributed by atoms with Gasteiger partial charge in [0, 0.05) is 12.8 Å². The van der Waals surface area contributed by atoms with E-state index < -0.39 is 0 Å². The van der Waals surface area contributed by atoms with Gasteiger partial charge in [-0.05, 0) is 12.8 Å². The van der Waals surface area contributed by atoms with E-state index in [1.807, 2.05) is 0 Å². The molecule has 10 heteroatoms. The quantitative estimate of drug-likeness (QED) is 0.0462. The Kier molecular flexibility index (Phi) is 40.7. The lowest BCUT2D eigenvalue weighted by molar-refractivity contribution is -0.146. The van der Waals surface area contributed by atoms with E-state index in [-0.39, 0.29) is 25.2 Å². The monoisotopic (exact) mass is 691 g/mol. The Morgan fingerprint density at radius 3 is 0.750 bits per heavy atom. The van der Waals surface area contributed by atoms with E-state index >= 15 is 0 Å². The van der Waals surface area contributed by atoms with Crippen LogP contribution in [0.5, 0.6) is 0 Å². The SMILES string of the molecule is CCCCCCCCCCCC(=O)OCCOCCOCCOCCOCCOCCOCCOC(=O)CCCCCCCCCCC. The van der Waals surface area contributed by atoms with Crippen molar-refractivity contribution in [2.45, 2.75) is 142 Å². The third-order valence-electron chi connectivity index (χ3n) is 7.81. The molecule has 0 aliphatic carbocycles. The number of unbranched alkanes of at least 4 members (excludes halogenated alkanes) is 16. The normalized spacial score (nSPS) is 11.3. The van der Waals surface area contributed by atoms with Crippen LogP contribution in [0.25, 0.3) is 0 Å². The molecule has 0 rings (SSSR count). The van der Waals surface area contributed by atoms with E-state index in [0.29, 0.717) is 92.1 Å². The minimum absolute atomic E-state index is 0.136. The zero-order valence-electron chi connectivity index (χ0n) is 31.1. The van der Waals surface area contributed by atoms with Gasteiger partial charge in [0.25, 0.3) is 0 Å². The van der Waals surface area contributed by atoms with Crippen molar-refractivity contribution in [2.24, 2.45) is 0 Å². The minimum atomic E-state index is -0.136. The van der Waals surface area contributed by atoms with Crippen LogP contribution in [0, 0.1) is 0 Å². The van der Waals surface area contributed by atoms with Crippen LogP contribution in [-0.2, 0) is 47.5 Å². The van der Waals surface area contributed by atoms with Gasteiger partial charge in [-0.3, -0.25) is 9.59 Å². The third-order valence-corrected chi connectivity index (χ3v) is 7.81. The second-order valence-electron chi connectivity index (χ2n) is 12.3. The highest BCUT2D eigenvalue weighted by Crippen LogP contribution is 2.12. The summed E-state index contributed by atoms with van der Waals surface area (Å²) in [5.74, 6) is -0.272. The minimum Gasteiger partial charge on any atom is -0.463 e. The molecule has 0 aromatic rings. The third kappa shape index (κ3) is 40.9. The summed E-state index contributed by atoms with van der Waals surface area (Å²) in [5, 5.41) is 0. The predicted octanol–water partition coefficient (Wildman–Crippen LogP) is 8.01. The van der Waals surface area contributed by atoms with Crippen LogP contribution in [0.3, 0.4) is 0 Å². The van der Waals surface area contributed by atoms with Gasteiger partial charge in [-0.1, -0.05) is 117 Å². The van der Waals surface area contributed by atoms with E-state index in [0.717, 1.165) is 25.7 Å². The molecule has 10 nitrogen and oxygen atoms in total. The molecule has 0 amide bonds. The largest absolute Gasteiger partial charge is 0.463 e. The van der Waals surface area contributed by atoms with Crippen LogP contribution < -0.4 is 0 Å². The molecule has 0 bridgehead atoms. The molecule has 0 radical (unpaired) electrons. The molecule has 0 aromatic carbocycles. The van der Waals surface area contributed by atoms with Crippen molar-refractivity contribution in [3.8, 4) is 0 Å². The number of rotatable bonds is 41. The zero-order chi connectivity index (χ0) is 34.9. The fourth-order valence-corrected chi connectivity index (χ4v) is 4.93. The lowest BCUT2D eigenvalue weighted by Crippen LogP contribution is -2.15. The first kappa shape index (κ1) is 46.7. The first-order valence-electron chi connectivity index (χ1n) is 19.5. The van der Waals surface area contributed by atoms with Crippen LogP contribution in [0.1, 0.15) is 142 Å². The van der Waals surface area contributed by atoms with Crippen LogP contribution in [0.2, 0.25) is 0 Å². The molecule has 0 unspecified atom stereocenters. The maximum absolute atomic E-state index is 11.8. The average molecular weight is 691 g/mol. The maximum Gasteiger partial charge on any atom is 0.305 e. The van der Waals surface area contributed by atoms with Gasteiger partial charge in [-0.2, -0.15) is 0 Å². The summed E-state index contributed by atoms with van der Waals surface area (Å²) in [7, 11) is 0. The summed E-state index contributed by atoms with van der Waals surface area (Å²) >= 11 is 0. The second-order valence-corrected chi connectivity index (χ2v) is 12.3.